The highest BCUT2D eigenvalue weighted by molar-refractivity contribution is 7.84. The van der Waals surface area contributed by atoms with Crippen molar-refractivity contribution < 1.29 is 17.4 Å². The van der Waals surface area contributed by atoms with Crippen LogP contribution in [-0.4, -0.2) is 22.3 Å². The van der Waals surface area contributed by atoms with E-state index in [2.05, 4.69) is 5.32 Å². The average Bonchev–Trinajstić information content (AvgIpc) is 2.30. The Kier molecular flexibility index (Phi) is 5.81. The molecular formula is C12H16F3NOS. The molecule has 1 aromatic carbocycles. The summed E-state index contributed by atoms with van der Waals surface area (Å²) < 4.78 is 49.5. The number of benzene rings is 1. The van der Waals surface area contributed by atoms with E-state index in [0.717, 1.165) is 12.1 Å². The van der Waals surface area contributed by atoms with E-state index in [0.29, 0.717) is 17.7 Å². The van der Waals surface area contributed by atoms with Gasteiger partial charge in [-0.3, -0.25) is 4.21 Å². The molecule has 0 aromatic heterocycles. The van der Waals surface area contributed by atoms with Gasteiger partial charge in [0.05, 0.1) is 0 Å². The molecule has 2 atom stereocenters. The van der Waals surface area contributed by atoms with Crippen molar-refractivity contribution in [1.82, 2.24) is 5.32 Å². The summed E-state index contributed by atoms with van der Waals surface area (Å²) in [5.74, 6) is -3.25. The second-order valence-electron chi connectivity index (χ2n) is 4.22. The maximum atomic E-state index is 12.9. The van der Waals surface area contributed by atoms with E-state index in [4.69, 9.17) is 0 Å². The van der Waals surface area contributed by atoms with Crippen molar-refractivity contribution in [2.24, 2.45) is 0 Å². The molecule has 0 amide bonds. The quantitative estimate of drug-likeness (QED) is 0.810. The summed E-state index contributed by atoms with van der Waals surface area (Å²) in [6.45, 7) is 2.13. The molecule has 0 radical (unpaired) electrons. The van der Waals surface area contributed by atoms with Crippen molar-refractivity contribution in [2.45, 2.75) is 25.9 Å². The van der Waals surface area contributed by atoms with Crippen molar-refractivity contribution in [3.05, 3.63) is 35.1 Å². The Morgan fingerprint density at radius 1 is 1.28 bits per heavy atom. The monoisotopic (exact) mass is 279 g/mol. The van der Waals surface area contributed by atoms with Crippen molar-refractivity contribution in [3.63, 3.8) is 0 Å². The number of rotatable bonds is 6. The molecule has 0 saturated heterocycles. The van der Waals surface area contributed by atoms with Gasteiger partial charge in [-0.15, -0.1) is 0 Å². The van der Waals surface area contributed by atoms with Gasteiger partial charge in [-0.1, -0.05) is 0 Å². The molecule has 1 rings (SSSR count). The lowest BCUT2D eigenvalue weighted by Crippen LogP contribution is -2.27. The Hall–Kier alpha value is -0.880. The molecule has 0 aliphatic heterocycles. The Labute approximate surface area is 107 Å². The molecule has 102 valence electrons. The SMILES string of the molecule is CC(CCS(C)=O)NCc1cc(F)c(F)c(F)c1. The van der Waals surface area contributed by atoms with Gasteiger partial charge in [-0.2, -0.15) is 0 Å². The van der Waals surface area contributed by atoms with Crippen LogP contribution in [0.2, 0.25) is 0 Å². The van der Waals surface area contributed by atoms with Crippen LogP contribution in [0.5, 0.6) is 0 Å². The van der Waals surface area contributed by atoms with E-state index in [1.807, 2.05) is 6.92 Å². The lowest BCUT2D eigenvalue weighted by Gasteiger charge is -2.13. The van der Waals surface area contributed by atoms with Crippen molar-refractivity contribution in [3.8, 4) is 0 Å². The van der Waals surface area contributed by atoms with Crippen LogP contribution in [0.4, 0.5) is 13.2 Å². The Balaban J connectivity index is 2.51. The second-order valence-corrected chi connectivity index (χ2v) is 5.78. The lowest BCUT2D eigenvalue weighted by atomic mass is 10.2. The van der Waals surface area contributed by atoms with Crippen LogP contribution >= 0.6 is 0 Å². The van der Waals surface area contributed by atoms with Crippen LogP contribution in [0.15, 0.2) is 12.1 Å². The smallest absolute Gasteiger partial charge is 0.194 e. The highest BCUT2D eigenvalue weighted by atomic mass is 32.2. The summed E-state index contributed by atoms with van der Waals surface area (Å²) in [6.07, 6.45) is 2.33. The minimum Gasteiger partial charge on any atom is -0.310 e. The first-order chi connectivity index (χ1) is 8.40. The highest BCUT2D eigenvalue weighted by Gasteiger charge is 2.11. The fourth-order valence-corrected chi connectivity index (χ4v) is 2.13. The first-order valence-corrected chi connectivity index (χ1v) is 7.29. The van der Waals surface area contributed by atoms with Crippen molar-refractivity contribution >= 4 is 10.8 Å². The number of nitrogens with one attached hydrogen (secondary N) is 1. The molecule has 18 heavy (non-hydrogen) atoms. The van der Waals surface area contributed by atoms with E-state index in [1.54, 1.807) is 6.26 Å². The first kappa shape index (κ1) is 15.2. The minimum atomic E-state index is -1.45. The number of halogens is 3. The normalized spacial score (nSPS) is 14.5. The van der Waals surface area contributed by atoms with Crippen LogP contribution in [0.1, 0.15) is 18.9 Å². The Morgan fingerprint density at radius 3 is 2.33 bits per heavy atom. The van der Waals surface area contributed by atoms with E-state index in [9.17, 15) is 17.4 Å². The average molecular weight is 279 g/mol. The van der Waals surface area contributed by atoms with Gasteiger partial charge in [0, 0.05) is 35.4 Å². The van der Waals surface area contributed by atoms with Gasteiger partial charge < -0.3 is 5.32 Å². The highest BCUT2D eigenvalue weighted by Crippen LogP contribution is 2.13. The molecule has 1 aromatic rings. The molecule has 2 unspecified atom stereocenters. The molecule has 0 fully saturated rings. The van der Waals surface area contributed by atoms with Crippen LogP contribution in [0.25, 0.3) is 0 Å². The predicted molar refractivity (Wildman–Crippen MR) is 66.2 cm³/mol. The molecule has 0 aliphatic rings. The zero-order valence-electron chi connectivity index (χ0n) is 10.3. The standard InChI is InChI=1S/C12H16F3NOS/c1-8(3-4-18(2)17)16-7-9-5-10(13)12(15)11(14)6-9/h5-6,8,16H,3-4,7H2,1-2H3. The molecule has 2 nitrogen and oxygen atoms in total. The summed E-state index contributed by atoms with van der Waals surface area (Å²) in [7, 11) is -0.854. The van der Waals surface area contributed by atoms with Crippen LogP contribution in [-0.2, 0) is 17.3 Å². The van der Waals surface area contributed by atoms with Gasteiger partial charge in [-0.05, 0) is 31.0 Å². The fraction of sp³-hybridized carbons (Fsp3) is 0.500. The molecule has 0 bridgehead atoms. The van der Waals surface area contributed by atoms with E-state index in [-0.39, 0.29) is 12.6 Å². The largest absolute Gasteiger partial charge is 0.310 e. The molecule has 0 saturated carbocycles. The third-order valence-electron chi connectivity index (χ3n) is 2.54. The third kappa shape index (κ3) is 4.78. The maximum absolute atomic E-state index is 12.9. The lowest BCUT2D eigenvalue weighted by molar-refractivity contribution is 0.442. The zero-order chi connectivity index (χ0) is 13.7. The van der Waals surface area contributed by atoms with Gasteiger partial charge in [0.2, 0.25) is 0 Å². The molecule has 0 spiro atoms. The van der Waals surface area contributed by atoms with Gasteiger partial charge in [0.1, 0.15) is 0 Å². The summed E-state index contributed by atoms with van der Waals surface area (Å²) >= 11 is 0. The molecule has 0 heterocycles. The van der Waals surface area contributed by atoms with Crippen molar-refractivity contribution in [1.29, 1.82) is 0 Å². The molecular weight excluding hydrogens is 263 g/mol. The van der Waals surface area contributed by atoms with Crippen molar-refractivity contribution in [2.75, 3.05) is 12.0 Å². The van der Waals surface area contributed by atoms with Gasteiger partial charge in [0.15, 0.2) is 17.5 Å². The molecule has 1 N–H and O–H groups in total. The Bertz CT molecular complexity index is 416. The number of hydrogen-bond donors (Lipinski definition) is 1. The fourth-order valence-electron chi connectivity index (χ4n) is 1.45. The van der Waals surface area contributed by atoms with Gasteiger partial charge in [-0.25, -0.2) is 13.2 Å². The van der Waals surface area contributed by atoms with Gasteiger partial charge in [0.25, 0.3) is 0 Å². The van der Waals surface area contributed by atoms with Crippen LogP contribution in [0, 0.1) is 17.5 Å². The van der Waals surface area contributed by atoms with E-state index in [1.165, 1.54) is 0 Å². The first-order valence-electron chi connectivity index (χ1n) is 5.57. The van der Waals surface area contributed by atoms with Gasteiger partial charge >= 0.3 is 0 Å². The minimum absolute atomic E-state index is 0.0741. The summed E-state index contributed by atoms with van der Waals surface area (Å²) in [4.78, 5) is 0. The topological polar surface area (TPSA) is 29.1 Å². The predicted octanol–water partition coefficient (Wildman–Crippen LogP) is 2.35. The summed E-state index contributed by atoms with van der Waals surface area (Å²) in [6, 6.07) is 2.01. The second kappa shape index (κ2) is 6.89. The third-order valence-corrected chi connectivity index (χ3v) is 3.35. The summed E-state index contributed by atoms with van der Waals surface area (Å²) in [5, 5.41) is 3.04. The number of hydrogen-bond acceptors (Lipinski definition) is 2. The maximum Gasteiger partial charge on any atom is 0.194 e. The van der Waals surface area contributed by atoms with E-state index >= 15 is 0 Å². The summed E-state index contributed by atoms with van der Waals surface area (Å²) in [5.41, 5.74) is 0.343. The Morgan fingerprint density at radius 2 is 1.83 bits per heavy atom. The van der Waals surface area contributed by atoms with Crippen LogP contribution in [0.3, 0.4) is 0 Å². The molecule has 0 aliphatic carbocycles. The van der Waals surface area contributed by atoms with E-state index < -0.39 is 28.3 Å². The van der Waals surface area contributed by atoms with Crippen LogP contribution < -0.4 is 5.32 Å². The zero-order valence-corrected chi connectivity index (χ0v) is 11.1. The molecule has 6 heteroatoms.